The first-order chi connectivity index (χ1) is 7.75. The summed E-state index contributed by atoms with van der Waals surface area (Å²) in [5.74, 6) is 0.898. The third-order valence-corrected chi connectivity index (χ3v) is 3.81. The fourth-order valence-electron chi connectivity index (χ4n) is 2.43. The molecule has 0 bridgehead atoms. The Balaban J connectivity index is 1.82. The van der Waals surface area contributed by atoms with Gasteiger partial charge in [0.15, 0.2) is 0 Å². The second-order valence-electron chi connectivity index (χ2n) is 4.83. The van der Waals surface area contributed by atoms with Crippen LogP contribution in [0.25, 0.3) is 0 Å². The Morgan fingerprint density at radius 3 is 2.50 bits per heavy atom. The molecular weight excluding hydrogens is 218 g/mol. The van der Waals surface area contributed by atoms with Crippen LogP contribution in [0.15, 0.2) is 24.3 Å². The van der Waals surface area contributed by atoms with E-state index in [1.54, 1.807) is 0 Å². The molecule has 2 heteroatoms. The molecule has 0 aliphatic heterocycles. The molecule has 88 valence electrons. The van der Waals surface area contributed by atoms with Gasteiger partial charge < -0.3 is 5.32 Å². The van der Waals surface area contributed by atoms with Crippen molar-refractivity contribution in [1.29, 1.82) is 0 Å². The van der Waals surface area contributed by atoms with Crippen LogP contribution in [0, 0.1) is 5.92 Å². The summed E-state index contributed by atoms with van der Waals surface area (Å²) in [7, 11) is 0. The fourth-order valence-corrected chi connectivity index (χ4v) is 2.55. The van der Waals surface area contributed by atoms with Gasteiger partial charge in [-0.05, 0) is 49.9 Å². The maximum Gasteiger partial charge on any atom is 0.0406 e. The Morgan fingerprint density at radius 2 is 1.88 bits per heavy atom. The van der Waals surface area contributed by atoms with Crippen LogP contribution in [0.4, 0.5) is 0 Å². The number of benzene rings is 1. The number of nitrogens with one attached hydrogen (secondary N) is 1. The molecule has 1 N–H and O–H groups in total. The highest BCUT2D eigenvalue weighted by Crippen LogP contribution is 2.25. The minimum atomic E-state index is 0.429. The summed E-state index contributed by atoms with van der Waals surface area (Å²) >= 11 is 5.88. The van der Waals surface area contributed by atoms with Gasteiger partial charge in [-0.1, -0.05) is 36.6 Å². The normalized spacial score (nSPS) is 18.9. The van der Waals surface area contributed by atoms with Crippen molar-refractivity contribution in [2.24, 2.45) is 5.92 Å². The Hall–Kier alpha value is -0.530. The van der Waals surface area contributed by atoms with E-state index in [0.717, 1.165) is 17.5 Å². The van der Waals surface area contributed by atoms with Crippen molar-refractivity contribution in [1.82, 2.24) is 5.32 Å². The average Bonchev–Trinajstić information content (AvgIpc) is 2.80. The molecule has 1 aromatic carbocycles. The molecular formula is C14H20ClN. The Morgan fingerprint density at radius 1 is 1.25 bits per heavy atom. The molecule has 1 aliphatic rings. The number of halogens is 1. The Kier molecular flexibility index (Phi) is 4.25. The Bertz CT molecular complexity index is 314. The third kappa shape index (κ3) is 3.23. The van der Waals surface area contributed by atoms with Crippen LogP contribution in [0.2, 0.25) is 5.02 Å². The lowest BCUT2D eigenvalue weighted by molar-refractivity contribution is 0.452. The molecule has 1 nitrogen and oxygen atoms in total. The summed E-state index contributed by atoms with van der Waals surface area (Å²) in [6, 6.07) is 8.57. The summed E-state index contributed by atoms with van der Waals surface area (Å²) in [5, 5.41) is 4.43. The van der Waals surface area contributed by atoms with E-state index in [2.05, 4.69) is 24.4 Å². The minimum Gasteiger partial charge on any atom is -0.310 e. The first-order valence-corrected chi connectivity index (χ1v) is 6.62. The van der Waals surface area contributed by atoms with Crippen molar-refractivity contribution < 1.29 is 0 Å². The molecule has 1 aromatic rings. The van der Waals surface area contributed by atoms with Gasteiger partial charge >= 0.3 is 0 Å². The van der Waals surface area contributed by atoms with Gasteiger partial charge in [-0.15, -0.1) is 0 Å². The summed E-state index contributed by atoms with van der Waals surface area (Å²) in [4.78, 5) is 0. The molecule has 1 unspecified atom stereocenters. The molecule has 1 saturated carbocycles. The van der Waals surface area contributed by atoms with E-state index >= 15 is 0 Å². The highest BCUT2D eigenvalue weighted by atomic mass is 35.5. The van der Waals surface area contributed by atoms with Gasteiger partial charge in [-0.2, -0.15) is 0 Å². The van der Waals surface area contributed by atoms with Crippen molar-refractivity contribution >= 4 is 11.6 Å². The zero-order chi connectivity index (χ0) is 11.4. The third-order valence-electron chi connectivity index (χ3n) is 3.56. The second-order valence-corrected chi connectivity index (χ2v) is 5.27. The van der Waals surface area contributed by atoms with Gasteiger partial charge in [0.2, 0.25) is 0 Å². The molecule has 1 aliphatic carbocycles. The van der Waals surface area contributed by atoms with Gasteiger partial charge in [-0.25, -0.2) is 0 Å². The molecule has 0 spiro atoms. The number of hydrogen-bond donors (Lipinski definition) is 1. The van der Waals surface area contributed by atoms with E-state index in [1.807, 2.05) is 12.1 Å². The summed E-state index contributed by atoms with van der Waals surface area (Å²) in [6.07, 6.45) is 5.64. The first kappa shape index (κ1) is 11.9. The molecule has 0 saturated heterocycles. The SMILES string of the molecule is CC(NCC1CCCC1)c1ccc(Cl)cc1. The quantitative estimate of drug-likeness (QED) is 0.829. The van der Waals surface area contributed by atoms with Gasteiger partial charge in [0.1, 0.15) is 0 Å². The van der Waals surface area contributed by atoms with Crippen LogP contribution in [-0.2, 0) is 0 Å². The summed E-state index contributed by atoms with van der Waals surface area (Å²) in [6.45, 7) is 3.38. The van der Waals surface area contributed by atoms with Gasteiger partial charge in [0.05, 0.1) is 0 Å². The predicted molar refractivity (Wildman–Crippen MR) is 69.8 cm³/mol. The van der Waals surface area contributed by atoms with E-state index in [-0.39, 0.29) is 0 Å². The molecule has 0 heterocycles. The molecule has 0 aromatic heterocycles. The maximum absolute atomic E-state index is 5.88. The van der Waals surface area contributed by atoms with E-state index < -0.39 is 0 Å². The van der Waals surface area contributed by atoms with Crippen LogP contribution < -0.4 is 5.32 Å². The van der Waals surface area contributed by atoms with Gasteiger partial charge in [0.25, 0.3) is 0 Å². The predicted octanol–water partition coefficient (Wildman–Crippen LogP) is 4.18. The van der Waals surface area contributed by atoms with E-state index in [1.165, 1.54) is 31.2 Å². The topological polar surface area (TPSA) is 12.0 Å². The maximum atomic E-state index is 5.88. The summed E-state index contributed by atoms with van der Waals surface area (Å²) in [5.41, 5.74) is 1.32. The van der Waals surface area contributed by atoms with Crippen molar-refractivity contribution in [2.45, 2.75) is 38.6 Å². The number of hydrogen-bond acceptors (Lipinski definition) is 1. The van der Waals surface area contributed by atoms with Crippen LogP contribution in [0.1, 0.15) is 44.2 Å². The van der Waals surface area contributed by atoms with E-state index in [9.17, 15) is 0 Å². The van der Waals surface area contributed by atoms with Crippen molar-refractivity contribution in [2.75, 3.05) is 6.54 Å². The highest BCUT2D eigenvalue weighted by molar-refractivity contribution is 6.30. The zero-order valence-corrected chi connectivity index (χ0v) is 10.6. The van der Waals surface area contributed by atoms with Crippen molar-refractivity contribution in [3.8, 4) is 0 Å². The molecule has 16 heavy (non-hydrogen) atoms. The molecule has 0 amide bonds. The van der Waals surface area contributed by atoms with Crippen molar-refractivity contribution in [3.63, 3.8) is 0 Å². The second kappa shape index (κ2) is 5.70. The lowest BCUT2D eigenvalue weighted by Crippen LogP contribution is -2.24. The molecule has 0 radical (unpaired) electrons. The monoisotopic (exact) mass is 237 g/mol. The van der Waals surface area contributed by atoms with E-state index in [0.29, 0.717) is 6.04 Å². The fraction of sp³-hybridized carbons (Fsp3) is 0.571. The summed E-state index contributed by atoms with van der Waals surface area (Å²) < 4.78 is 0. The largest absolute Gasteiger partial charge is 0.310 e. The van der Waals surface area contributed by atoms with Crippen LogP contribution in [-0.4, -0.2) is 6.54 Å². The smallest absolute Gasteiger partial charge is 0.0406 e. The lowest BCUT2D eigenvalue weighted by Gasteiger charge is -2.17. The van der Waals surface area contributed by atoms with Gasteiger partial charge in [-0.3, -0.25) is 0 Å². The van der Waals surface area contributed by atoms with Crippen LogP contribution in [0.5, 0.6) is 0 Å². The van der Waals surface area contributed by atoms with Crippen molar-refractivity contribution in [3.05, 3.63) is 34.9 Å². The lowest BCUT2D eigenvalue weighted by atomic mass is 10.1. The zero-order valence-electron chi connectivity index (χ0n) is 9.88. The number of rotatable bonds is 4. The van der Waals surface area contributed by atoms with E-state index in [4.69, 9.17) is 11.6 Å². The standard InChI is InChI=1S/C14H20ClN/c1-11(13-6-8-14(15)9-7-13)16-10-12-4-2-3-5-12/h6-9,11-12,16H,2-5,10H2,1H3. The van der Waals surface area contributed by atoms with Crippen LogP contribution >= 0.6 is 11.6 Å². The molecule has 1 atom stereocenters. The van der Waals surface area contributed by atoms with Gasteiger partial charge in [0, 0.05) is 11.1 Å². The highest BCUT2D eigenvalue weighted by Gasteiger charge is 2.15. The van der Waals surface area contributed by atoms with Crippen LogP contribution in [0.3, 0.4) is 0 Å². The molecule has 1 fully saturated rings. The first-order valence-electron chi connectivity index (χ1n) is 6.24. The molecule has 2 rings (SSSR count). The minimum absolute atomic E-state index is 0.429. The average molecular weight is 238 g/mol. The Labute approximate surface area is 103 Å².